The Morgan fingerprint density at radius 2 is 2.42 bits per heavy atom. The number of hydrogen-bond acceptors (Lipinski definition) is 2. The van der Waals surface area contributed by atoms with Gasteiger partial charge in [-0.2, -0.15) is 5.10 Å². The molecule has 0 bridgehead atoms. The molecule has 68 valence electrons. The van der Waals surface area contributed by atoms with E-state index in [0.717, 1.165) is 25.0 Å². The normalized spacial score (nSPS) is 13.2. The number of rotatable bonds is 4. The van der Waals surface area contributed by atoms with Crippen LogP contribution in [0.15, 0.2) is 12.3 Å². The van der Waals surface area contributed by atoms with Crippen molar-refractivity contribution in [1.29, 1.82) is 0 Å². The summed E-state index contributed by atoms with van der Waals surface area (Å²) in [6.45, 7) is 2.15. The van der Waals surface area contributed by atoms with E-state index in [4.69, 9.17) is 5.73 Å². The molecule has 1 atom stereocenters. The van der Waals surface area contributed by atoms with Crippen LogP contribution in [0.2, 0.25) is 0 Å². The highest BCUT2D eigenvalue weighted by Crippen LogP contribution is 2.02. The fraction of sp³-hybridized carbons (Fsp3) is 0.667. The van der Waals surface area contributed by atoms with Gasteiger partial charge in [-0.05, 0) is 12.5 Å². The lowest BCUT2D eigenvalue weighted by Gasteiger charge is -2.06. The minimum atomic E-state index is 0.268. The van der Waals surface area contributed by atoms with Crippen LogP contribution < -0.4 is 5.73 Å². The van der Waals surface area contributed by atoms with Gasteiger partial charge < -0.3 is 5.73 Å². The molecule has 0 saturated heterocycles. The summed E-state index contributed by atoms with van der Waals surface area (Å²) < 4.78 is 1.81. The van der Waals surface area contributed by atoms with Crippen LogP contribution in [0.5, 0.6) is 0 Å². The molecule has 0 radical (unpaired) electrons. The summed E-state index contributed by atoms with van der Waals surface area (Å²) in [4.78, 5) is 0. The van der Waals surface area contributed by atoms with E-state index in [9.17, 15) is 0 Å². The van der Waals surface area contributed by atoms with Gasteiger partial charge in [-0.3, -0.25) is 4.68 Å². The van der Waals surface area contributed by atoms with E-state index in [1.165, 1.54) is 0 Å². The number of nitrogens with zero attached hydrogens (tertiary/aromatic N) is 2. The summed E-state index contributed by atoms with van der Waals surface area (Å²) in [6, 6.07) is 2.29. The lowest BCUT2D eigenvalue weighted by Crippen LogP contribution is -2.22. The van der Waals surface area contributed by atoms with Crippen molar-refractivity contribution in [1.82, 2.24) is 9.78 Å². The van der Waals surface area contributed by atoms with E-state index < -0.39 is 0 Å². The zero-order valence-corrected chi connectivity index (χ0v) is 7.83. The molecular formula is C9H17N3. The molecule has 0 amide bonds. The Kier molecular flexibility index (Phi) is 3.29. The SMILES string of the molecule is CCCC(N)Cc1ccn(C)n1. The van der Waals surface area contributed by atoms with E-state index in [-0.39, 0.29) is 6.04 Å². The zero-order valence-electron chi connectivity index (χ0n) is 7.83. The van der Waals surface area contributed by atoms with Crippen molar-refractivity contribution in [3.63, 3.8) is 0 Å². The van der Waals surface area contributed by atoms with Gasteiger partial charge in [0.1, 0.15) is 0 Å². The van der Waals surface area contributed by atoms with Crippen LogP contribution in [0.25, 0.3) is 0 Å². The lowest BCUT2D eigenvalue weighted by molar-refractivity contribution is 0.586. The molecule has 1 unspecified atom stereocenters. The fourth-order valence-electron chi connectivity index (χ4n) is 1.31. The molecule has 0 aromatic carbocycles. The first-order valence-corrected chi connectivity index (χ1v) is 4.46. The molecule has 3 heteroatoms. The van der Waals surface area contributed by atoms with E-state index in [2.05, 4.69) is 12.0 Å². The van der Waals surface area contributed by atoms with Crippen LogP contribution >= 0.6 is 0 Å². The highest BCUT2D eigenvalue weighted by atomic mass is 15.2. The summed E-state index contributed by atoms with van der Waals surface area (Å²) in [5, 5.41) is 4.27. The Hall–Kier alpha value is -0.830. The first-order chi connectivity index (χ1) is 5.72. The minimum absolute atomic E-state index is 0.268. The van der Waals surface area contributed by atoms with Crippen LogP contribution in [0.3, 0.4) is 0 Å². The van der Waals surface area contributed by atoms with E-state index >= 15 is 0 Å². The maximum atomic E-state index is 5.88. The highest BCUT2D eigenvalue weighted by Gasteiger charge is 2.04. The van der Waals surface area contributed by atoms with Gasteiger partial charge in [-0.1, -0.05) is 13.3 Å². The predicted molar refractivity (Wildman–Crippen MR) is 49.8 cm³/mol. The summed E-state index contributed by atoms with van der Waals surface area (Å²) in [6.07, 6.45) is 5.08. The minimum Gasteiger partial charge on any atom is -0.327 e. The average molecular weight is 167 g/mol. The van der Waals surface area contributed by atoms with Crippen molar-refractivity contribution in [3.05, 3.63) is 18.0 Å². The largest absolute Gasteiger partial charge is 0.327 e. The zero-order chi connectivity index (χ0) is 8.97. The number of nitrogens with two attached hydrogens (primary N) is 1. The second-order valence-electron chi connectivity index (χ2n) is 3.23. The number of hydrogen-bond donors (Lipinski definition) is 1. The topological polar surface area (TPSA) is 43.8 Å². The van der Waals surface area contributed by atoms with E-state index in [1.54, 1.807) is 0 Å². The summed E-state index contributed by atoms with van der Waals surface area (Å²) in [7, 11) is 1.93. The third kappa shape index (κ3) is 2.66. The van der Waals surface area contributed by atoms with Crippen molar-refractivity contribution in [2.45, 2.75) is 32.2 Å². The van der Waals surface area contributed by atoms with Crippen LogP contribution in [0.1, 0.15) is 25.5 Å². The van der Waals surface area contributed by atoms with Crippen LogP contribution in [0, 0.1) is 0 Å². The molecule has 1 heterocycles. The predicted octanol–water partition coefficient (Wildman–Crippen LogP) is 1.09. The third-order valence-corrected chi connectivity index (χ3v) is 1.90. The molecule has 2 N–H and O–H groups in total. The molecule has 0 fully saturated rings. The van der Waals surface area contributed by atoms with Crippen molar-refractivity contribution in [2.75, 3.05) is 0 Å². The molecule has 1 aromatic heterocycles. The molecule has 12 heavy (non-hydrogen) atoms. The van der Waals surface area contributed by atoms with Crippen molar-refractivity contribution in [3.8, 4) is 0 Å². The van der Waals surface area contributed by atoms with Gasteiger partial charge in [0.15, 0.2) is 0 Å². The lowest BCUT2D eigenvalue weighted by atomic mass is 10.1. The summed E-state index contributed by atoms with van der Waals surface area (Å²) in [5.74, 6) is 0. The second kappa shape index (κ2) is 4.26. The molecule has 0 aliphatic rings. The molecular weight excluding hydrogens is 150 g/mol. The average Bonchev–Trinajstić information content (AvgIpc) is 2.36. The monoisotopic (exact) mass is 167 g/mol. The molecule has 1 rings (SSSR count). The maximum Gasteiger partial charge on any atom is 0.0639 e. The summed E-state index contributed by atoms with van der Waals surface area (Å²) in [5.41, 5.74) is 6.97. The fourth-order valence-corrected chi connectivity index (χ4v) is 1.31. The van der Waals surface area contributed by atoms with Gasteiger partial charge in [0.2, 0.25) is 0 Å². The van der Waals surface area contributed by atoms with Gasteiger partial charge in [-0.25, -0.2) is 0 Å². The van der Waals surface area contributed by atoms with Gasteiger partial charge in [0.05, 0.1) is 5.69 Å². The van der Waals surface area contributed by atoms with Crippen LogP contribution in [-0.4, -0.2) is 15.8 Å². The van der Waals surface area contributed by atoms with Crippen molar-refractivity contribution >= 4 is 0 Å². The van der Waals surface area contributed by atoms with E-state index in [0.29, 0.717) is 0 Å². The Bertz CT molecular complexity index is 229. The molecule has 0 saturated carbocycles. The summed E-state index contributed by atoms with van der Waals surface area (Å²) >= 11 is 0. The Labute approximate surface area is 73.6 Å². The van der Waals surface area contributed by atoms with Crippen LogP contribution in [-0.2, 0) is 13.5 Å². The Morgan fingerprint density at radius 1 is 1.67 bits per heavy atom. The number of aryl methyl sites for hydroxylation is 1. The Balaban J connectivity index is 2.41. The van der Waals surface area contributed by atoms with Crippen molar-refractivity contribution in [2.24, 2.45) is 12.8 Å². The first kappa shape index (κ1) is 9.26. The third-order valence-electron chi connectivity index (χ3n) is 1.90. The number of aromatic nitrogens is 2. The first-order valence-electron chi connectivity index (χ1n) is 4.46. The Morgan fingerprint density at radius 3 is 2.92 bits per heavy atom. The smallest absolute Gasteiger partial charge is 0.0639 e. The molecule has 0 spiro atoms. The molecule has 3 nitrogen and oxygen atoms in total. The quantitative estimate of drug-likeness (QED) is 0.729. The highest BCUT2D eigenvalue weighted by molar-refractivity contribution is 5.00. The second-order valence-corrected chi connectivity index (χ2v) is 3.23. The molecule has 0 aliphatic carbocycles. The molecule has 1 aromatic rings. The van der Waals surface area contributed by atoms with Gasteiger partial charge in [0, 0.05) is 25.7 Å². The van der Waals surface area contributed by atoms with E-state index in [1.807, 2.05) is 24.0 Å². The van der Waals surface area contributed by atoms with Crippen LogP contribution in [0.4, 0.5) is 0 Å². The van der Waals surface area contributed by atoms with Gasteiger partial charge in [0.25, 0.3) is 0 Å². The maximum absolute atomic E-state index is 5.88. The molecule has 0 aliphatic heterocycles. The standard InChI is InChI=1S/C9H17N3/c1-3-4-8(10)7-9-5-6-12(2)11-9/h5-6,8H,3-4,7,10H2,1-2H3. The van der Waals surface area contributed by atoms with Gasteiger partial charge >= 0.3 is 0 Å². The van der Waals surface area contributed by atoms with Crippen molar-refractivity contribution < 1.29 is 0 Å². The van der Waals surface area contributed by atoms with Gasteiger partial charge in [-0.15, -0.1) is 0 Å².